The van der Waals surface area contributed by atoms with Crippen molar-refractivity contribution in [1.29, 1.82) is 0 Å². The van der Waals surface area contributed by atoms with E-state index in [-0.39, 0.29) is 6.42 Å². The molecular weight excluding hydrogens is 347 g/mol. The van der Waals surface area contributed by atoms with Gasteiger partial charge in [-0.3, -0.25) is 16.3 Å². The molecule has 3 unspecified atom stereocenters. The van der Waals surface area contributed by atoms with Crippen molar-refractivity contribution in [1.82, 2.24) is 10.4 Å². The van der Waals surface area contributed by atoms with Crippen LogP contribution in [0.2, 0.25) is 0 Å². The minimum absolute atomic E-state index is 0.198. The summed E-state index contributed by atoms with van der Waals surface area (Å²) < 4.78 is 40.4. The topological polar surface area (TPSA) is 50.9 Å². The van der Waals surface area contributed by atoms with Gasteiger partial charge in [0.05, 0.1) is 5.92 Å². The Morgan fingerprint density at radius 1 is 1.33 bits per heavy atom. The Hall–Kier alpha value is -0.660. The molecule has 118 valence electrons. The van der Waals surface area contributed by atoms with Gasteiger partial charge in [-0.25, -0.2) is 0 Å². The molecule has 1 aliphatic carbocycles. The van der Waals surface area contributed by atoms with Crippen molar-refractivity contribution in [2.24, 2.45) is 17.7 Å². The summed E-state index contributed by atoms with van der Waals surface area (Å²) in [7, 11) is 0. The lowest BCUT2D eigenvalue weighted by Gasteiger charge is -2.38. The number of nitrogens with two attached hydrogens (primary N) is 1. The van der Waals surface area contributed by atoms with Crippen LogP contribution in [0, 0.1) is 11.8 Å². The first-order chi connectivity index (χ1) is 9.91. The van der Waals surface area contributed by atoms with Crippen molar-refractivity contribution in [3.05, 3.63) is 28.5 Å². The summed E-state index contributed by atoms with van der Waals surface area (Å²) in [5.74, 6) is 3.79. The molecule has 0 spiro atoms. The van der Waals surface area contributed by atoms with Crippen molar-refractivity contribution in [2.75, 3.05) is 0 Å². The molecule has 21 heavy (non-hydrogen) atoms. The summed E-state index contributed by atoms with van der Waals surface area (Å²) in [6.07, 6.45) is 1.82. The van der Waals surface area contributed by atoms with E-state index in [2.05, 4.69) is 26.3 Å². The highest BCUT2D eigenvalue weighted by Gasteiger charge is 2.47. The Morgan fingerprint density at radius 3 is 2.67 bits per heavy atom. The molecule has 1 aromatic rings. The molecular formula is C14H19BrF3N3. The molecule has 0 bridgehead atoms. The van der Waals surface area contributed by atoms with Crippen LogP contribution in [0.3, 0.4) is 0 Å². The van der Waals surface area contributed by atoms with Crippen molar-refractivity contribution in [3.8, 4) is 0 Å². The van der Waals surface area contributed by atoms with Crippen LogP contribution >= 0.6 is 15.9 Å². The van der Waals surface area contributed by atoms with E-state index >= 15 is 0 Å². The highest BCUT2D eigenvalue weighted by molar-refractivity contribution is 9.10. The number of nitrogens with one attached hydrogen (secondary N) is 1. The summed E-state index contributed by atoms with van der Waals surface area (Å²) in [5, 5.41) is 0. The molecule has 1 aromatic heterocycles. The number of nitrogens with zero attached hydrogens (tertiary/aromatic N) is 1. The summed E-state index contributed by atoms with van der Waals surface area (Å²) in [4.78, 5) is 4.05. The molecule has 1 saturated carbocycles. The minimum Gasteiger partial charge on any atom is -0.271 e. The number of aromatic nitrogens is 1. The van der Waals surface area contributed by atoms with Crippen LogP contribution in [0.15, 0.2) is 22.9 Å². The average Bonchev–Trinajstić information content (AvgIpc) is 2.44. The Morgan fingerprint density at radius 2 is 2.05 bits per heavy atom. The van der Waals surface area contributed by atoms with Gasteiger partial charge in [-0.05, 0) is 52.7 Å². The molecule has 0 aromatic carbocycles. The molecule has 3 atom stereocenters. The Balaban J connectivity index is 2.14. The van der Waals surface area contributed by atoms with E-state index in [1.165, 1.54) is 0 Å². The zero-order valence-corrected chi connectivity index (χ0v) is 13.1. The highest BCUT2D eigenvalue weighted by Crippen LogP contribution is 2.43. The second-order valence-electron chi connectivity index (χ2n) is 5.59. The molecule has 0 amide bonds. The normalized spacial score (nSPS) is 24.8. The summed E-state index contributed by atoms with van der Waals surface area (Å²) >= 11 is 3.32. The number of alkyl halides is 3. The van der Waals surface area contributed by atoms with Gasteiger partial charge in [0.15, 0.2) is 0 Å². The number of hydrazine groups is 1. The zero-order valence-electron chi connectivity index (χ0n) is 11.5. The molecule has 3 N–H and O–H groups in total. The lowest BCUT2D eigenvalue weighted by molar-refractivity contribution is -0.199. The largest absolute Gasteiger partial charge is 0.392 e. The quantitative estimate of drug-likeness (QED) is 0.633. The van der Waals surface area contributed by atoms with E-state index in [0.717, 1.165) is 16.5 Å². The summed E-state index contributed by atoms with van der Waals surface area (Å²) in [6.45, 7) is 0. The Kier molecular flexibility index (Phi) is 5.62. The van der Waals surface area contributed by atoms with E-state index in [1.54, 1.807) is 12.4 Å². The van der Waals surface area contributed by atoms with E-state index < -0.39 is 24.1 Å². The van der Waals surface area contributed by atoms with Crippen LogP contribution in [0.1, 0.15) is 31.2 Å². The van der Waals surface area contributed by atoms with Crippen LogP contribution in [-0.2, 0) is 6.42 Å². The van der Waals surface area contributed by atoms with E-state index in [0.29, 0.717) is 19.3 Å². The Bertz CT molecular complexity index is 467. The summed E-state index contributed by atoms with van der Waals surface area (Å²) in [6, 6.07) is 1.47. The van der Waals surface area contributed by atoms with Crippen molar-refractivity contribution in [2.45, 2.75) is 44.3 Å². The minimum atomic E-state index is -4.16. The van der Waals surface area contributed by atoms with Crippen LogP contribution in [0.25, 0.3) is 0 Å². The molecule has 0 aliphatic heterocycles. The van der Waals surface area contributed by atoms with Gasteiger partial charge in [-0.2, -0.15) is 13.2 Å². The van der Waals surface area contributed by atoms with Gasteiger partial charge in [0.25, 0.3) is 0 Å². The molecule has 1 aliphatic rings. The van der Waals surface area contributed by atoms with Gasteiger partial charge in [0.2, 0.25) is 0 Å². The van der Waals surface area contributed by atoms with Crippen LogP contribution < -0.4 is 11.3 Å². The predicted molar refractivity (Wildman–Crippen MR) is 78.3 cm³/mol. The third-order valence-corrected chi connectivity index (χ3v) is 4.62. The van der Waals surface area contributed by atoms with Gasteiger partial charge >= 0.3 is 6.18 Å². The van der Waals surface area contributed by atoms with E-state index in [4.69, 9.17) is 5.84 Å². The summed E-state index contributed by atoms with van der Waals surface area (Å²) in [5.41, 5.74) is 3.47. The van der Waals surface area contributed by atoms with Gasteiger partial charge < -0.3 is 0 Å². The van der Waals surface area contributed by atoms with E-state index in [1.807, 2.05) is 6.07 Å². The van der Waals surface area contributed by atoms with Gasteiger partial charge in [-0.1, -0.05) is 12.8 Å². The third kappa shape index (κ3) is 4.40. The maximum atomic E-state index is 13.2. The smallest absolute Gasteiger partial charge is 0.271 e. The fraction of sp³-hybridized carbons (Fsp3) is 0.643. The standard InChI is InChI=1S/C14H19BrF3N3/c15-10-5-9(7-20-8-10)6-13(21-19)11-3-1-2-4-12(11)14(16,17)18/h5,7-8,11-13,21H,1-4,6,19H2. The second kappa shape index (κ2) is 7.07. The van der Waals surface area contributed by atoms with Gasteiger partial charge in [0, 0.05) is 22.9 Å². The van der Waals surface area contributed by atoms with Crippen LogP contribution in [-0.4, -0.2) is 17.2 Å². The number of pyridine rings is 1. The van der Waals surface area contributed by atoms with Crippen LogP contribution in [0.4, 0.5) is 13.2 Å². The van der Waals surface area contributed by atoms with Crippen LogP contribution in [0.5, 0.6) is 0 Å². The predicted octanol–water partition coefficient (Wildman–Crippen LogP) is 3.59. The number of hydrogen-bond acceptors (Lipinski definition) is 3. The van der Waals surface area contributed by atoms with Gasteiger partial charge in [0.1, 0.15) is 0 Å². The average molecular weight is 366 g/mol. The highest BCUT2D eigenvalue weighted by atomic mass is 79.9. The number of rotatable bonds is 4. The molecule has 7 heteroatoms. The lowest BCUT2D eigenvalue weighted by Crippen LogP contribution is -2.49. The Labute approximate surface area is 130 Å². The molecule has 2 rings (SSSR count). The second-order valence-corrected chi connectivity index (χ2v) is 6.50. The fourth-order valence-corrected chi connectivity index (χ4v) is 3.62. The first-order valence-electron chi connectivity index (χ1n) is 7.04. The van der Waals surface area contributed by atoms with Crippen molar-refractivity contribution < 1.29 is 13.2 Å². The van der Waals surface area contributed by atoms with E-state index in [9.17, 15) is 13.2 Å². The SMILES string of the molecule is NNC(Cc1cncc(Br)c1)C1CCCCC1C(F)(F)F. The maximum absolute atomic E-state index is 13.2. The lowest BCUT2D eigenvalue weighted by atomic mass is 9.73. The van der Waals surface area contributed by atoms with Crippen molar-refractivity contribution in [3.63, 3.8) is 0 Å². The first-order valence-corrected chi connectivity index (χ1v) is 7.83. The molecule has 1 fully saturated rings. The monoisotopic (exact) mass is 365 g/mol. The maximum Gasteiger partial charge on any atom is 0.392 e. The number of halogens is 4. The van der Waals surface area contributed by atoms with Crippen molar-refractivity contribution >= 4 is 15.9 Å². The molecule has 0 radical (unpaired) electrons. The molecule has 3 nitrogen and oxygen atoms in total. The molecule has 1 heterocycles. The zero-order chi connectivity index (χ0) is 15.5. The number of hydrogen-bond donors (Lipinski definition) is 2. The van der Waals surface area contributed by atoms with Gasteiger partial charge in [-0.15, -0.1) is 0 Å². The molecule has 0 saturated heterocycles. The third-order valence-electron chi connectivity index (χ3n) is 4.19. The fourth-order valence-electron chi connectivity index (χ4n) is 3.20. The first kappa shape index (κ1) is 16.7.